The molecule has 0 amide bonds. The van der Waals surface area contributed by atoms with Crippen molar-refractivity contribution < 1.29 is 18.9 Å². The molecular weight excluding hydrogens is 546 g/mol. The van der Waals surface area contributed by atoms with Gasteiger partial charge in [0, 0.05) is 30.2 Å². The number of fused-ring (bicyclic) bond motifs is 1. The third-order valence-corrected chi connectivity index (χ3v) is 8.63. The molecule has 3 aromatic rings. The zero-order valence-electron chi connectivity index (χ0n) is 25.8. The number of hydroxylamine groups is 1. The molecule has 0 bridgehead atoms. The Morgan fingerprint density at radius 1 is 1.09 bits per heavy atom. The molecule has 0 radical (unpaired) electrons. The summed E-state index contributed by atoms with van der Waals surface area (Å²) in [5.74, 6) is 2.68. The Bertz CT molecular complexity index is 1810. The average Bonchev–Trinajstić information content (AvgIpc) is 3.23. The number of para-hydroxylation sites is 1. The highest BCUT2D eigenvalue weighted by Gasteiger charge is 2.46. The molecule has 0 saturated carbocycles. The van der Waals surface area contributed by atoms with Crippen molar-refractivity contribution in [3.05, 3.63) is 130 Å². The first-order chi connectivity index (χ1) is 21.5. The predicted molar refractivity (Wildman–Crippen MR) is 177 cm³/mol. The molecule has 2 atom stereocenters. The third-order valence-electron chi connectivity index (χ3n) is 8.63. The van der Waals surface area contributed by atoms with Crippen molar-refractivity contribution in [2.75, 3.05) is 7.05 Å². The van der Waals surface area contributed by atoms with Crippen LogP contribution in [-0.2, 0) is 11.2 Å². The maximum Gasteiger partial charge on any atom is 0.335 e. The Labute approximate surface area is 259 Å². The number of aryl methyl sites for hydroxylation is 1. The first-order valence-electron chi connectivity index (χ1n) is 15.3. The van der Waals surface area contributed by atoms with Crippen LogP contribution >= 0.6 is 0 Å². The van der Waals surface area contributed by atoms with Crippen molar-refractivity contribution in [1.82, 2.24) is 5.48 Å². The molecule has 1 N–H and O–H groups in total. The average molecular weight is 585 g/mol. The monoisotopic (exact) mass is 584 g/mol. The number of carbonyl (C=O) groups is 1. The van der Waals surface area contributed by atoms with Gasteiger partial charge in [0.15, 0.2) is 17.5 Å². The quantitative estimate of drug-likeness (QED) is 0.153. The fourth-order valence-corrected chi connectivity index (χ4v) is 6.49. The molecule has 3 heterocycles. The molecule has 6 nitrogen and oxygen atoms in total. The SMILES string of the molecule is C=Cc1cccc(C2=C(C(C)[N+]3=C(c4ccc(ONC)c(CC)c4)C4=C3N=CCC=C4CC)Oc3ccccc3C2C=O)c1. The molecule has 0 spiro atoms. The molecule has 3 aromatic carbocycles. The molecule has 6 rings (SSSR count). The number of nitrogens with zero attached hydrogens (tertiary/aromatic N) is 2. The van der Waals surface area contributed by atoms with Gasteiger partial charge in [-0.15, -0.1) is 0 Å². The summed E-state index contributed by atoms with van der Waals surface area (Å²) in [7, 11) is 1.77. The van der Waals surface area contributed by atoms with Gasteiger partial charge in [-0.2, -0.15) is 5.48 Å². The topological polar surface area (TPSA) is 62.9 Å². The number of ether oxygens (including phenoxy) is 1. The Hall–Kier alpha value is -4.81. The van der Waals surface area contributed by atoms with Crippen LogP contribution < -0.4 is 15.1 Å². The van der Waals surface area contributed by atoms with Gasteiger partial charge in [-0.05, 0) is 72.4 Å². The van der Waals surface area contributed by atoms with Crippen LogP contribution in [-0.4, -0.2) is 35.9 Å². The van der Waals surface area contributed by atoms with E-state index in [0.717, 1.165) is 87.6 Å². The van der Waals surface area contributed by atoms with Crippen LogP contribution in [0.1, 0.15) is 67.3 Å². The number of carbonyl (C=O) groups excluding carboxylic acids is 1. The minimum Gasteiger partial charge on any atom is -0.457 e. The van der Waals surface area contributed by atoms with Gasteiger partial charge in [0.25, 0.3) is 0 Å². The lowest BCUT2D eigenvalue weighted by atomic mass is 9.82. The van der Waals surface area contributed by atoms with E-state index in [1.807, 2.05) is 60.8 Å². The minimum atomic E-state index is -0.482. The van der Waals surface area contributed by atoms with Gasteiger partial charge in [-0.3, -0.25) is 0 Å². The summed E-state index contributed by atoms with van der Waals surface area (Å²) in [5, 5.41) is 0. The van der Waals surface area contributed by atoms with Crippen molar-refractivity contribution in [2.45, 2.75) is 52.0 Å². The Balaban J connectivity index is 1.59. The Morgan fingerprint density at radius 2 is 1.93 bits per heavy atom. The zero-order chi connectivity index (χ0) is 30.8. The number of hydrogen-bond donors (Lipinski definition) is 1. The smallest absolute Gasteiger partial charge is 0.335 e. The predicted octanol–water partition coefficient (Wildman–Crippen LogP) is 7.42. The molecule has 2 unspecified atom stereocenters. The van der Waals surface area contributed by atoms with Crippen molar-refractivity contribution in [2.24, 2.45) is 4.99 Å². The second-order valence-corrected chi connectivity index (χ2v) is 11.1. The van der Waals surface area contributed by atoms with Gasteiger partial charge in [-0.1, -0.05) is 74.0 Å². The van der Waals surface area contributed by atoms with Crippen LogP contribution in [0.5, 0.6) is 11.5 Å². The molecule has 44 heavy (non-hydrogen) atoms. The van der Waals surface area contributed by atoms with E-state index in [4.69, 9.17) is 14.6 Å². The van der Waals surface area contributed by atoms with Gasteiger partial charge in [-0.25, -0.2) is 4.58 Å². The van der Waals surface area contributed by atoms with Crippen molar-refractivity contribution in [3.63, 3.8) is 0 Å². The van der Waals surface area contributed by atoms with E-state index < -0.39 is 5.92 Å². The van der Waals surface area contributed by atoms with Crippen LogP contribution in [0, 0.1) is 0 Å². The number of aliphatic imine (C=N–C) groups is 1. The maximum atomic E-state index is 12.9. The van der Waals surface area contributed by atoms with Crippen LogP contribution in [0.4, 0.5) is 0 Å². The molecule has 222 valence electrons. The number of nitrogens with one attached hydrogen (secondary N) is 1. The fraction of sp³-hybridized carbons (Fsp3) is 0.237. The van der Waals surface area contributed by atoms with Crippen LogP contribution in [0.2, 0.25) is 0 Å². The lowest BCUT2D eigenvalue weighted by Gasteiger charge is -2.34. The summed E-state index contributed by atoms with van der Waals surface area (Å²) in [5.41, 5.74) is 12.2. The van der Waals surface area contributed by atoms with Gasteiger partial charge >= 0.3 is 5.82 Å². The standard InChI is InChI=1S/C38H38N3O3/c1-6-25-13-11-14-28(21-25)34-31(23-42)30-16-9-10-17-33(30)43-37(34)24(4)41-36(35-26(7-2)15-12-20-40-38(35)41)29-18-19-32(44-39-5)27(8-3)22-29/h6,9-11,13-24,31,39H,1,7-8,12H2,2-5H3/q+1. The van der Waals surface area contributed by atoms with Gasteiger partial charge in [0.2, 0.25) is 0 Å². The zero-order valence-corrected chi connectivity index (χ0v) is 25.8. The van der Waals surface area contributed by atoms with E-state index in [1.165, 1.54) is 5.57 Å². The van der Waals surface area contributed by atoms with Crippen LogP contribution in [0.25, 0.3) is 11.6 Å². The van der Waals surface area contributed by atoms with Gasteiger partial charge in [0.1, 0.15) is 29.6 Å². The molecular formula is C38H38N3O3+. The van der Waals surface area contributed by atoms with E-state index in [1.54, 1.807) is 7.05 Å². The first-order valence-corrected chi connectivity index (χ1v) is 15.3. The summed E-state index contributed by atoms with van der Waals surface area (Å²) >= 11 is 0. The van der Waals surface area contributed by atoms with Crippen LogP contribution in [0.3, 0.4) is 0 Å². The molecule has 0 fully saturated rings. The van der Waals surface area contributed by atoms with Crippen LogP contribution in [0.15, 0.2) is 107 Å². The second-order valence-electron chi connectivity index (χ2n) is 11.1. The molecule has 3 aliphatic rings. The van der Waals surface area contributed by atoms with E-state index in [9.17, 15) is 4.79 Å². The summed E-state index contributed by atoms with van der Waals surface area (Å²) in [6.07, 6.45) is 9.60. The normalized spacial score (nSPS) is 18.0. The summed E-state index contributed by atoms with van der Waals surface area (Å²) in [4.78, 5) is 23.6. The number of allylic oxidation sites excluding steroid dienone is 4. The Kier molecular flexibility index (Phi) is 8.27. The van der Waals surface area contributed by atoms with E-state index >= 15 is 0 Å². The highest BCUT2D eigenvalue weighted by atomic mass is 16.6. The molecule has 0 aromatic heterocycles. The minimum absolute atomic E-state index is 0.270. The summed E-state index contributed by atoms with van der Waals surface area (Å²) in [6.45, 7) is 10.4. The molecule has 0 aliphatic carbocycles. The first kappa shape index (κ1) is 29.3. The van der Waals surface area contributed by atoms with Crippen molar-refractivity contribution in [3.8, 4) is 11.5 Å². The lowest BCUT2D eigenvalue weighted by Crippen LogP contribution is -2.42. The summed E-state index contributed by atoms with van der Waals surface area (Å²) < 4.78 is 9.06. The van der Waals surface area contributed by atoms with Gasteiger partial charge in [0.05, 0.1) is 5.92 Å². The second kappa shape index (κ2) is 12.4. The lowest BCUT2D eigenvalue weighted by molar-refractivity contribution is -0.520. The highest BCUT2D eigenvalue weighted by Crippen LogP contribution is 2.46. The molecule has 6 heteroatoms. The molecule has 3 aliphatic heterocycles. The van der Waals surface area contributed by atoms with Crippen molar-refractivity contribution >= 4 is 29.9 Å². The van der Waals surface area contributed by atoms with E-state index in [-0.39, 0.29) is 6.04 Å². The number of hydrogen-bond acceptors (Lipinski definition) is 5. The number of benzene rings is 3. The fourth-order valence-electron chi connectivity index (χ4n) is 6.49. The highest BCUT2D eigenvalue weighted by molar-refractivity contribution is 6.16. The van der Waals surface area contributed by atoms with E-state index in [0.29, 0.717) is 5.75 Å². The van der Waals surface area contributed by atoms with E-state index in [2.05, 4.69) is 61.7 Å². The number of aldehydes is 1. The maximum absolute atomic E-state index is 12.9. The Morgan fingerprint density at radius 3 is 2.68 bits per heavy atom. The molecule has 0 saturated heterocycles. The van der Waals surface area contributed by atoms with Gasteiger partial charge < -0.3 is 14.4 Å². The van der Waals surface area contributed by atoms with Crippen molar-refractivity contribution in [1.29, 1.82) is 0 Å². The third kappa shape index (κ3) is 4.95. The number of rotatable bonds is 10. The largest absolute Gasteiger partial charge is 0.457 e. The summed E-state index contributed by atoms with van der Waals surface area (Å²) in [6, 6.07) is 22.0.